The molecule has 104 valence electrons. The average Bonchev–Trinajstić information content (AvgIpc) is 2.92. The Kier molecular flexibility index (Phi) is 4.80. The number of benzene rings is 1. The lowest BCUT2D eigenvalue weighted by Gasteiger charge is -2.25. The molecule has 1 atom stereocenters. The van der Waals surface area contributed by atoms with Gasteiger partial charge in [-0.15, -0.1) is 0 Å². The molecule has 1 aliphatic heterocycles. The molecule has 1 unspecified atom stereocenters. The number of hydrogen-bond acceptors (Lipinski definition) is 3. The lowest BCUT2D eigenvalue weighted by molar-refractivity contribution is 0.0721. The van der Waals surface area contributed by atoms with E-state index in [2.05, 4.69) is 0 Å². The zero-order chi connectivity index (χ0) is 13.7. The Labute approximate surface area is 114 Å². The summed E-state index contributed by atoms with van der Waals surface area (Å²) in [5.41, 5.74) is 0.626. The molecule has 0 bridgehead atoms. The van der Waals surface area contributed by atoms with Crippen LogP contribution >= 0.6 is 0 Å². The summed E-state index contributed by atoms with van der Waals surface area (Å²) in [6, 6.07) is 7.59. The quantitative estimate of drug-likeness (QED) is 0.884. The minimum absolute atomic E-state index is 0.0397. The Morgan fingerprint density at radius 2 is 2.26 bits per heavy atom. The Hall–Kier alpha value is -1.55. The zero-order valence-corrected chi connectivity index (χ0v) is 11.3. The number of amides is 1. The van der Waals surface area contributed by atoms with Gasteiger partial charge < -0.3 is 14.7 Å². The molecule has 0 saturated carbocycles. The fourth-order valence-electron chi connectivity index (χ4n) is 2.71. The molecule has 1 aromatic rings. The highest BCUT2D eigenvalue weighted by atomic mass is 16.5. The van der Waals surface area contributed by atoms with Crippen LogP contribution in [-0.4, -0.2) is 42.2 Å². The van der Waals surface area contributed by atoms with Gasteiger partial charge in [0.05, 0.1) is 12.7 Å². The van der Waals surface area contributed by atoms with E-state index in [1.54, 1.807) is 7.11 Å². The van der Waals surface area contributed by atoms with Crippen LogP contribution in [0.3, 0.4) is 0 Å². The summed E-state index contributed by atoms with van der Waals surface area (Å²) in [5.74, 6) is 0.665. The molecule has 0 aromatic heterocycles. The number of para-hydroxylation sites is 1. The molecular formula is C15H21NO3. The van der Waals surface area contributed by atoms with Crippen LogP contribution in [0.25, 0.3) is 0 Å². The maximum atomic E-state index is 12.6. The fourth-order valence-corrected chi connectivity index (χ4v) is 2.71. The van der Waals surface area contributed by atoms with Gasteiger partial charge in [-0.2, -0.15) is 0 Å². The molecule has 1 N–H and O–H groups in total. The number of rotatable bonds is 5. The first-order chi connectivity index (χ1) is 9.27. The van der Waals surface area contributed by atoms with Gasteiger partial charge in [0.25, 0.3) is 5.91 Å². The molecule has 19 heavy (non-hydrogen) atoms. The van der Waals surface area contributed by atoms with Crippen molar-refractivity contribution >= 4 is 5.91 Å². The zero-order valence-electron chi connectivity index (χ0n) is 11.3. The van der Waals surface area contributed by atoms with E-state index in [0.717, 1.165) is 32.2 Å². The monoisotopic (exact) mass is 263 g/mol. The predicted molar refractivity (Wildman–Crippen MR) is 73.4 cm³/mol. The number of carbonyl (C=O) groups is 1. The van der Waals surface area contributed by atoms with Gasteiger partial charge in [-0.1, -0.05) is 12.1 Å². The average molecular weight is 263 g/mol. The highest BCUT2D eigenvalue weighted by molar-refractivity contribution is 5.97. The third-order valence-corrected chi connectivity index (χ3v) is 3.67. The van der Waals surface area contributed by atoms with Gasteiger partial charge in [-0.3, -0.25) is 4.79 Å². The van der Waals surface area contributed by atoms with Gasteiger partial charge in [-0.05, 0) is 37.8 Å². The van der Waals surface area contributed by atoms with E-state index in [9.17, 15) is 4.79 Å². The lowest BCUT2D eigenvalue weighted by Crippen LogP contribution is -2.35. The maximum Gasteiger partial charge on any atom is 0.257 e. The van der Waals surface area contributed by atoms with Crippen molar-refractivity contribution in [1.29, 1.82) is 0 Å². The first-order valence-corrected chi connectivity index (χ1v) is 6.82. The molecule has 2 rings (SSSR count). The SMILES string of the molecule is COc1ccccc1C(=O)N1CCCC1CCCO. The first-order valence-electron chi connectivity index (χ1n) is 6.82. The molecule has 0 spiro atoms. The topological polar surface area (TPSA) is 49.8 Å². The van der Waals surface area contributed by atoms with Crippen LogP contribution in [0.15, 0.2) is 24.3 Å². The van der Waals surface area contributed by atoms with Crippen LogP contribution in [0, 0.1) is 0 Å². The Morgan fingerprint density at radius 1 is 1.47 bits per heavy atom. The standard InChI is InChI=1S/C15H21NO3/c1-19-14-9-3-2-8-13(14)15(18)16-10-4-6-12(16)7-5-11-17/h2-3,8-9,12,17H,4-7,10-11H2,1H3. The molecule has 0 aliphatic carbocycles. The normalized spacial score (nSPS) is 18.6. The molecule has 1 fully saturated rings. The highest BCUT2D eigenvalue weighted by Crippen LogP contribution is 2.26. The lowest BCUT2D eigenvalue weighted by atomic mass is 10.1. The maximum absolute atomic E-state index is 12.6. The third-order valence-electron chi connectivity index (χ3n) is 3.67. The van der Waals surface area contributed by atoms with Crippen LogP contribution in [-0.2, 0) is 0 Å². The van der Waals surface area contributed by atoms with Crippen molar-refractivity contribution in [2.24, 2.45) is 0 Å². The number of nitrogens with zero attached hydrogens (tertiary/aromatic N) is 1. The largest absolute Gasteiger partial charge is 0.496 e. The van der Waals surface area contributed by atoms with E-state index < -0.39 is 0 Å². The predicted octanol–water partition coefficient (Wildman–Crippen LogP) is 2.07. The molecule has 1 aliphatic rings. The van der Waals surface area contributed by atoms with Crippen molar-refractivity contribution in [3.63, 3.8) is 0 Å². The van der Waals surface area contributed by atoms with Crippen LogP contribution in [0.5, 0.6) is 5.75 Å². The summed E-state index contributed by atoms with van der Waals surface area (Å²) in [6.07, 6.45) is 3.69. The molecule has 1 amide bonds. The molecular weight excluding hydrogens is 242 g/mol. The molecule has 1 aromatic carbocycles. The minimum atomic E-state index is 0.0397. The van der Waals surface area contributed by atoms with Gasteiger partial charge in [0.15, 0.2) is 0 Å². The fraction of sp³-hybridized carbons (Fsp3) is 0.533. The van der Waals surface area contributed by atoms with Crippen LogP contribution in [0.1, 0.15) is 36.0 Å². The summed E-state index contributed by atoms with van der Waals surface area (Å²) in [4.78, 5) is 14.5. The third kappa shape index (κ3) is 3.07. The number of carbonyl (C=O) groups excluding carboxylic acids is 1. The van der Waals surface area contributed by atoms with Crippen molar-refractivity contribution in [1.82, 2.24) is 4.90 Å². The van der Waals surface area contributed by atoms with E-state index in [0.29, 0.717) is 11.3 Å². The van der Waals surface area contributed by atoms with Gasteiger partial charge in [0, 0.05) is 19.2 Å². The first kappa shape index (κ1) is 13.9. The minimum Gasteiger partial charge on any atom is -0.496 e. The number of aliphatic hydroxyl groups excluding tert-OH is 1. The molecule has 4 heteroatoms. The van der Waals surface area contributed by atoms with E-state index in [1.807, 2.05) is 29.2 Å². The van der Waals surface area contributed by atoms with E-state index in [1.165, 1.54) is 0 Å². The second kappa shape index (κ2) is 6.57. The number of likely N-dealkylation sites (tertiary alicyclic amines) is 1. The molecule has 1 heterocycles. The van der Waals surface area contributed by atoms with Crippen molar-refractivity contribution in [3.05, 3.63) is 29.8 Å². The summed E-state index contributed by atoms with van der Waals surface area (Å²) in [5, 5.41) is 8.93. The van der Waals surface area contributed by atoms with E-state index in [-0.39, 0.29) is 18.6 Å². The van der Waals surface area contributed by atoms with Gasteiger partial charge in [0.1, 0.15) is 5.75 Å². The van der Waals surface area contributed by atoms with Crippen molar-refractivity contribution < 1.29 is 14.6 Å². The number of aliphatic hydroxyl groups is 1. The highest BCUT2D eigenvalue weighted by Gasteiger charge is 2.30. The molecule has 1 saturated heterocycles. The van der Waals surface area contributed by atoms with Crippen molar-refractivity contribution in [2.45, 2.75) is 31.7 Å². The summed E-state index contributed by atoms with van der Waals surface area (Å²) < 4.78 is 5.25. The van der Waals surface area contributed by atoms with Gasteiger partial charge >= 0.3 is 0 Å². The van der Waals surface area contributed by atoms with E-state index >= 15 is 0 Å². The number of methoxy groups -OCH3 is 1. The van der Waals surface area contributed by atoms with E-state index in [4.69, 9.17) is 9.84 Å². The second-order valence-electron chi connectivity index (χ2n) is 4.86. The Bertz CT molecular complexity index is 433. The van der Waals surface area contributed by atoms with Crippen LogP contribution < -0.4 is 4.74 Å². The molecule has 0 radical (unpaired) electrons. The van der Waals surface area contributed by atoms with Crippen molar-refractivity contribution in [2.75, 3.05) is 20.3 Å². The Balaban J connectivity index is 2.13. The van der Waals surface area contributed by atoms with Crippen molar-refractivity contribution in [3.8, 4) is 5.75 Å². The summed E-state index contributed by atoms with van der Waals surface area (Å²) in [7, 11) is 1.58. The van der Waals surface area contributed by atoms with Crippen LogP contribution in [0.2, 0.25) is 0 Å². The number of ether oxygens (including phenoxy) is 1. The second-order valence-corrected chi connectivity index (χ2v) is 4.86. The van der Waals surface area contributed by atoms with Crippen LogP contribution in [0.4, 0.5) is 0 Å². The smallest absolute Gasteiger partial charge is 0.257 e. The molecule has 4 nitrogen and oxygen atoms in total. The summed E-state index contributed by atoms with van der Waals surface area (Å²) >= 11 is 0. The van der Waals surface area contributed by atoms with Gasteiger partial charge in [0.2, 0.25) is 0 Å². The summed E-state index contributed by atoms with van der Waals surface area (Å²) in [6.45, 7) is 0.986. The Morgan fingerprint density at radius 3 is 3.00 bits per heavy atom. The van der Waals surface area contributed by atoms with Gasteiger partial charge in [-0.25, -0.2) is 0 Å². The number of hydrogen-bond donors (Lipinski definition) is 1.